The van der Waals surface area contributed by atoms with E-state index in [0.29, 0.717) is 12.7 Å². The lowest BCUT2D eigenvalue weighted by Gasteiger charge is -2.35. The van der Waals surface area contributed by atoms with Crippen molar-refractivity contribution in [3.05, 3.63) is 35.4 Å². The molecule has 158 valence electrons. The minimum atomic E-state index is 0. The highest BCUT2D eigenvalue weighted by atomic mass is 127. The molecule has 2 aliphatic rings. The zero-order valence-corrected chi connectivity index (χ0v) is 19.4. The fraction of sp³-hybridized carbons (Fsp3) is 0.667. The molecule has 0 saturated carbocycles. The second kappa shape index (κ2) is 12.6. The molecule has 1 N–H and O–H groups in total. The van der Waals surface area contributed by atoms with Crippen LogP contribution in [0.3, 0.4) is 0 Å². The first kappa shape index (κ1) is 23.4. The third-order valence-corrected chi connectivity index (χ3v) is 5.24. The summed E-state index contributed by atoms with van der Waals surface area (Å²) in [5.41, 5.74) is 2.54. The summed E-state index contributed by atoms with van der Waals surface area (Å²) < 4.78 is 17.3. The minimum Gasteiger partial charge on any atom is -0.381 e. The molecule has 1 aromatic rings. The van der Waals surface area contributed by atoms with Crippen LogP contribution < -0.4 is 5.32 Å². The van der Waals surface area contributed by atoms with Gasteiger partial charge in [-0.1, -0.05) is 24.3 Å². The highest BCUT2D eigenvalue weighted by molar-refractivity contribution is 14.0. The zero-order valence-electron chi connectivity index (χ0n) is 17.1. The number of nitrogens with one attached hydrogen (secondary N) is 1. The predicted octanol–water partition coefficient (Wildman–Crippen LogP) is 3.15. The molecule has 0 amide bonds. The number of ether oxygens (including phenoxy) is 3. The van der Waals surface area contributed by atoms with E-state index in [4.69, 9.17) is 14.2 Å². The van der Waals surface area contributed by atoms with Crippen LogP contribution in [0.15, 0.2) is 29.3 Å². The molecule has 7 heteroatoms. The Bertz CT molecular complexity index is 608. The van der Waals surface area contributed by atoms with Crippen LogP contribution in [0.5, 0.6) is 0 Å². The van der Waals surface area contributed by atoms with Gasteiger partial charge in [0.1, 0.15) is 6.10 Å². The van der Waals surface area contributed by atoms with Crippen LogP contribution in [0, 0.1) is 6.92 Å². The molecular formula is C21H34IN3O3. The summed E-state index contributed by atoms with van der Waals surface area (Å²) in [7, 11) is 1.85. The average molecular weight is 503 g/mol. The van der Waals surface area contributed by atoms with Gasteiger partial charge >= 0.3 is 0 Å². The fourth-order valence-electron chi connectivity index (χ4n) is 3.68. The molecule has 0 aliphatic carbocycles. The van der Waals surface area contributed by atoms with Crippen LogP contribution >= 0.6 is 24.0 Å². The van der Waals surface area contributed by atoms with Gasteiger partial charge in [-0.15, -0.1) is 24.0 Å². The Balaban J connectivity index is 0.00000280. The van der Waals surface area contributed by atoms with E-state index in [1.165, 1.54) is 11.1 Å². The molecule has 2 fully saturated rings. The first-order valence-electron chi connectivity index (χ1n) is 10.1. The smallest absolute Gasteiger partial charge is 0.193 e. The van der Waals surface area contributed by atoms with Gasteiger partial charge in [-0.2, -0.15) is 0 Å². The van der Waals surface area contributed by atoms with Crippen LogP contribution in [0.2, 0.25) is 0 Å². The summed E-state index contributed by atoms with van der Waals surface area (Å²) in [5, 5.41) is 3.48. The molecule has 1 unspecified atom stereocenters. The normalized spacial score (nSPS) is 21.3. The highest BCUT2D eigenvalue weighted by Crippen LogP contribution is 2.24. The highest BCUT2D eigenvalue weighted by Gasteiger charge is 2.25. The summed E-state index contributed by atoms with van der Waals surface area (Å²) in [6, 6.07) is 8.45. The number of aryl methyl sites for hydroxylation is 1. The number of rotatable bonds is 6. The summed E-state index contributed by atoms with van der Waals surface area (Å²) in [4.78, 5) is 6.76. The summed E-state index contributed by atoms with van der Waals surface area (Å²) in [5.74, 6) is 0.947. The molecule has 2 heterocycles. The first-order chi connectivity index (χ1) is 13.3. The molecule has 2 saturated heterocycles. The van der Waals surface area contributed by atoms with Crippen molar-refractivity contribution in [3.8, 4) is 0 Å². The van der Waals surface area contributed by atoms with Gasteiger partial charge in [0, 0.05) is 40.0 Å². The fourth-order valence-corrected chi connectivity index (χ4v) is 3.68. The standard InChI is InChI=1S/C21H33N3O3.HI/c1-17-6-3-4-7-19(17)20-16-24(11-15-27-20)21(22-2)23-10-5-12-26-18-8-13-25-14-9-18;/h3-4,6-7,18,20H,5,8-16H2,1-2H3,(H,22,23);1H. The van der Waals surface area contributed by atoms with E-state index in [9.17, 15) is 0 Å². The maximum Gasteiger partial charge on any atom is 0.193 e. The molecule has 0 bridgehead atoms. The van der Waals surface area contributed by atoms with Gasteiger partial charge in [0.15, 0.2) is 5.96 Å². The molecule has 0 spiro atoms. The minimum absolute atomic E-state index is 0. The van der Waals surface area contributed by atoms with Crippen LogP contribution in [0.25, 0.3) is 0 Å². The Labute approximate surface area is 186 Å². The molecule has 1 aromatic carbocycles. The van der Waals surface area contributed by atoms with Crippen LogP contribution in [0.4, 0.5) is 0 Å². The van der Waals surface area contributed by atoms with E-state index in [-0.39, 0.29) is 30.1 Å². The van der Waals surface area contributed by atoms with Crippen molar-refractivity contribution in [3.63, 3.8) is 0 Å². The number of hydrogen-bond acceptors (Lipinski definition) is 4. The van der Waals surface area contributed by atoms with E-state index in [2.05, 4.69) is 46.4 Å². The van der Waals surface area contributed by atoms with Crippen molar-refractivity contribution in [1.29, 1.82) is 0 Å². The van der Waals surface area contributed by atoms with Crippen molar-refractivity contribution in [2.45, 2.75) is 38.4 Å². The Morgan fingerprint density at radius 1 is 1.25 bits per heavy atom. The number of guanidine groups is 1. The molecule has 6 nitrogen and oxygen atoms in total. The topological polar surface area (TPSA) is 55.3 Å². The number of hydrogen-bond donors (Lipinski definition) is 1. The molecular weight excluding hydrogens is 469 g/mol. The summed E-state index contributed by atoms with van der Waals surface area (Å²) in [6.45, 7) is 7.84. The van der Waals surface area contributed by atoms with Gasteiger partial charge in [-0.25, -0.2) is 0 Å². The monoisotopic (exact) mass is 503 g/mol. The lowest BCUT2D eigenvalue weighted by Crippen LogP contribution is -2.48. The third-order valence-electron chi connectivity index (χ3n) is 5.24. The lowest BCUT2D eigenvalue weighted by atomic mass is 10.0. The molecule has 28 heavy (non-hydrogen) atoms. The van der Waals surface area contributed by atoms with Crippen molar-refractivity contribution in [1.82, 2.24) is 10.2 Å². The largest absolute Gasteiger partial charge is 0.381 e. The Hall–Kier alpha value is -0.900. The number of halogens is 1. The number of morpholine rings is 1. The number of benzene rings is 1. The van der Waals surface area contributed by atoms with Gasteiger partial charge in [-0.3, -0.25) is 4.99 Å². The Morgan fingerprint density at radius 3 is 2.79 bits per heavy atom. The molecule has 1 atom stereocenters. The zero-order chi connectivity index (χ0) is 18.9. The van der Waals surface area contributed by atoms with Crippen LogP contribution in [-0.4, -0.2) is 70.1 Å². The Kier molecular flexibility index (Phi) is 10.5. The molecule has 2 aliphatic heterocycles. The summed E-state index contributed by atoms with van der Waals surface area (Å²) >= 11 is 0. The maximum absolute atomic E-state index is 6.03. The van der Waals surface area contributed by atoms with Gasteiger partial charge in [0.05, 0.1) is 19.3 Å². The number of nitrogens with zero attached hydrogens (tertiary/aromatic N) is 2. The molecule has 0 aromatic heterocycles. The predicted molar refractivity (Wildman–Crippen MR) is 123 cm³/mol. The van der Waals surface area contributed by atoms with Gasteiger partial charge in [0.2, 0.25) is 0 Å². The van der Waals surface area contributed by atoms with Crippen molar-refractivity contribution >= 4 is 29.9 Å². The quantitative estimate of drug-likeness (QED) is 0.280. The van der Waals surface area contributed by atoms with Gasteiger partial charge in [-0.05, 0) is 37.3 Å². The van der Waals surface area contributed by atoms with Crippen molar-refractivity contribution in [2.24, 2.45) is 4.99 Å². The average Bonchev–Trinajstić information content (AvgIpc) is 2.72. The SMILES string of the molecule is CN=C(NCCCOC1CCOCC1)N1CCOC(c2ccccc2C)C1.I. The number of aliphatic imine (C=N–C) groups is 1. The second-order valence-electron chi connectivity index (χ2n) is 7.17. The summed E-state index contributed by atoms with van der Waals surface area (Å²) in [6.07, 6.45) is 3.47. The van der Waals surface area contributed by atoms with E-state index in [1.54, 1.807) is 0 Å². The molecule has 0 radical (unpaired) electrons. The van der Waals surface area contributed by atoms with Crippen LogP contribution in [0.1, 0.15) is 36.5 Å². The van der Waals surface area contributed by atoms with E-state index >= 15 is 0 Å². The van der Waals surface area contributed by atoms with Crippen molar-refractivity contribution < 1.29 is 14.2 Å². The molecule has 3 rings (SSSR count). The second-order valence-corrected chi connectivity index (χ2v) is 7.17. The van der Waals surface area contributed by atoms with E-state index < -0.39 is 0 Å². The first-order valence-corrected chi connectivity index (χ1v) is 10.1. The van der Waals surface area contributed by atoms with Crippen molar-refractivity contribution in [2.75, 3.05) is 53.1 Å². The van der Waals surface area contributed by atoms with E-state index in [0.717, 1.165) is 64.7 Å². The van der Waals surface area contributed by atoms with E-state index in [1.807, 2.05) is 7.05 Å². The van der Waals surface area contributed by atoms with Gasteiger partial charge in [0.25, 0.3) is 0 Å². The Morgan fingerprint density at radius 2 is 2.04 bits per heavy atom. The van der Waals surface area contributed by atoms with Gasteiger partial charge < -0.3 is 24.4 Å². The van der Waals surface area contributed by atoms with Crippen LogP contribution in [-0.2, 0) is 14.2 Å². The lowest BCUT2D eigenvalue weighted by molar-refractivity contribution is -0.0321. The third kappa shape index (κ3) is 6.86. The maximum atomic E-state index is 6.03.